The highest BCUT2D eigenvalue weighted by molar-refractivity contribution is 6.22. The van der Waals surface area contributed by atoms with Crippen molar-refractivity contribution in [2.45, 2.75) is 24.4 Å². The molecule has 2 heterocycles. The van der Waals surface area contributed by atoms with Crippen LogP contribution in [0.4, 0.5) is 15.8 Å². The Kier molecular flexibility index (Phi) is 5.79. The minimum atomic E-state index is -1.56. The van der Waals surface area contributed by atoms with E-state index in [4.69, 9.17) is 9.73 Å². The summed E-state index contributed by atoms with van der Waals surface area (Å²) in [5.41, 5.74) is 1.92. The van der Waals surface area contributed by atoms with Gasteiger partial charge in [-0.2, -0.15) is 0 Å². The first-order valence-corrected chi connectivity index (χ1v) is 11.4. The number of benzene rings is 3. The number of methoxy groups -OCH3 is 1. The number of piperidine rings is 1. The number of nitrogens with zero attached hydrogens (tertiary/aromatic N) is 2. The van der Waals surface area contributed by atoms with E-state index < -0.39 is 11.6 Å². The highest BCUT2D eigenvalue weighted by atomic mass is 19.1. The smallest absolute Gasteiger partial charge is 0.351 e. The molecule has 0 aromatic heterocycles. The van der Waals surface area contributed by atoms with E-state index in [1.807, 2.05) is 41.3 Å². The monoisotopic (exact) mass is 459 g/mol. The Morgan fingerprint density at radius 2 is 1.74 bits per heavy atom. The summed E-state index contributed by atoms with van der Waals surface area (Å²) >= 11 is 0. The van der Waals surface area contributed by atoms with E-state index in [0.29, 0.717) is 41.7 Å². The largest absolute Gasteiger partial charge is 0.497 e. The maximum Gasteiger partial charge on any atom is 0.351 e. The first-order valence-electron chi connectivity index (χ1n) is 11.4. The lowest BCUT2D eigenvalue weighted by atomic mass is 9.85. The van der Waals surface area contributed by atoms with Crippen LogP contribution in [0.5, 0.6) is 5.75 Å². The molecule has 34 heavy (non-hydrogen) atoms. The van der Waals surface area contributed by atoms with Crippen molar-refractivity contribution in [1.82, 2.24) is 4.90 Å². The predicted molar refractivity (Wildman–Crippen MR) is 130 cm³/mol. The molecule has 1 saturated heterocycles. The quantitative estimate of drug-likeness (QED) is 0.559. The lowest BCUT2D eigenvalue weighted by Gasteiger charge is -2.47. The summed E-state index contributed by atoms with van der Waals surface area (Å²) in [7, 11) is 1.65. The molecule has 0 bridgehead atoms. The van der Waals surface area contributed by atoms with E-state index in [1.54, 1.807) is 19.2 Å². The second kappa shape index (κ2) is 8.91. The van der Waals surface area contributed by atoms with Gasteiger partial charge < -0.3 is 15.2 Å². The molecule has 174 valence electrons. The van der Waals surface area contributed by atoms with Gasteiger partial charge in [0, 0.05) is 18.7 Å². The van der Waals surface area contributed by atoms with E-state index in [1.165, 1.54) is 17.7 Å². The number of ether oxygens (including phenoxy) is 1. The summed E-state index contributed by atoms with van der Waals surface area (Å²) in [6.07, 6.45) is 1.61. The van der Waals surface area contributed by atoms with E-state index >= 15 is 0 Å². The molecule has 1 fully saturated rings. The molecule has 1 unspecified atom stereocenters. The zero-order chi connectivity index (χ0) is 23.7. The fourth-order valence-electron chi connectivity index (χ4n) is 4.96. The van der Waals surface area contributed by atoms with Gasteiger partial charge in [-0.15, -0.1) is 0 Å². The first-order chi connectivity index (χ1) is 16.5. The summed E-state index contributed by atoms with van der Waals surface area (Å²) in [6.45, 7) is 1.14. The molecular formula is C27H26FN3O3. The van der Waals surface area contributed by atoms with Crippen molar-refractivity contribution >= 4 is 23.1 Å². The summed E-state index contributed by atoms with van der Waals surface area (Å²) in [5, 5.41) is 13.9. The van der Waals surface area contributed by atoms with Crippen LogP contribution >= 0.6 is 0 Å². The number of carboxylic acids is 1. The lowest BCUT2D eigenvalue weighted by molar-refractivity contribution is -0.146. The molecule has 3 aromatic rings. The molecular weight excluding hydrogens is 433 g/mol. The Balaban J connectivity index is 1.50. The normalized spacial score (nSPS) is 20.7. The number of carboxylic acid groups (broad SMARTS) is 1. The van der Waals surface area contributed by atoms with Crippen LogP contribution in [0.25, 0.3) is 0 Å². The third kappa shape index (κ3) is 3.82. The molecule has 3 aromatic carbocycles. The molecule has 0 saturated carbocycles. The third-order valence-electron chi connectivity index (χ3n) is 6.78. The predicted octanol–water partition coefficient (Wildman–Crippen LogP) is 5.04. The van der Waals surface area contributed by atoms with Crippen LogP contribution in [-0.2, 0) is 4.79 Å². The molecule has 5 rings (SSSR count). The van der Waals surface area contributed by atoms with Gasteiger partial charge in [0.2, 0.25) is 5.66 Å². The summed E-state index contributed by atoms with van der Waals surface area (Å²) in [6, 6.07) is 21.3. The number of anilines is 1. The van der Waals surface area contributed by atoms with Crippen LogP contribution in [0.15, 0.2) is 77.8 Å². The van der Waals surface area contributed by atoms with Crippen LogP contribution in [0.2, 0.25) is 0 Å². The molecule has 7 heteroatoms. The number of fused-ring (bicyclic) bond motifs is 1. The second-order valence-corrected chi connectivity index (χ2v) is 8.66. The lowest BCUT2D eigenvalue weighted by Crippen LogP contribution is -2.67. The Morgan fingerprint density at radius 3 is 2.38 bits per heavy atom. The van der Waals surface area contributed by atoms with Crippen LogP contribution in [0.1, 0.15) is 29.9 Å². The molecule has 6 nitrogen and oxygen atoms in total. The van der Waals surface area contributed by atoms with Gasteiger partial charge >= 0.3 is 5.97 Å². The Bertz CT molecular complexity index is 1220. The Hall–Kier alpha value is -3.71. The van der Waals surface area contributed by atoms with Crippen LogP contribution in [-0.4, -0.2) is 47.5 Å². The van der Waals surface area contributed by atoms with Gasteiger partial charge in [-0.1, -0.05) is 36.4 Å². The minimum Gasteiger partial charge on any atom is -0.497 e. The van der Waals surface area contributed by atoms with Gasteiger partial charge in [-0.3, -0.25) is 4.90 Å². The average Bonchev–Trinajstić information content (AvgIpc) is 2.88. The number of rotatable bonds is 5. The molecule has 1 atom stereocenters. The maximum absolute atomic E-state index is 13.7. The van der Waals surface area contributed by atoms with Gasteiger partial charge in [-0.25, -0.2) is 14.2 Å². The number of hydrogen-bond donors (Lipinski definition) is 2. The number of halogens is 1. The molecule has 2 aliphatic rings. The Labute approximate surface area is 197 Å². The van der Waals surface area contributed by atoms with Gasteiger partial charge in [0.25, 0.3) is 0 Å². The fourth-order valence-corrected chi connectivity index (χ4v) is 4.96. The zero-order valence-electron chi connectivity index (χ0n) is 18.9. The minimum absolute atomic E-state index is 0.329. The van der Waals surface area contributed by atoms with Crippen LogP contribution < -0.4 is 10.1 Å². The number of aliphatic imine (C=N–C) groups is 1. The fraction of sp³-hybridized carbons (Fsp3) is 0.259. The van der Waals surface area contributed by atoms with Crippen LogP contribution in [0.3, 0.4) is 0 Å². The number of nitrogens with one attached hydrogen (secondary N) is 1. The molecule has 2 N–H and O–H groups in total. The van der Waals surface area contributed by atoms with Crippen molar-refractivity contribution in [3.8, 4) is 5.75 Å². The van der Waals surface area contributed by atoms with Crippen LogP contribution in [0, 0.1) is 5.82 Å². The zero-order valence-corrected chi connectivity index (χ0v) is 18.9. The first kappa shape index (κ1) is 22.1. The SMILES string of the molecule is COc1ccc(C2CCN(C3(C(=O)O)Nc4ccccc4N=C3c3ccc(F)cc3)CC2)cc1. The van der Waals surface area contributed by atoms with E-state index in [0.717, 1.165) is 18.6 Å². The number of hydrogen-bond acceptors (Lipinski definition) is 5. The Morgan fingerprint density at radius 1 is 1.06 bits per heavy atom. The maximum atomic E-state index is 13.7. The summed E-state index contributed by atoms with van der Waals surface area (Å²) in [5.74, 6) is -0.269. The van der Waals surface area contributed by atoms with E-state index in [2.05, 4.69) is 17.4 Å². The average molecular weight is 460 g/mol. The van der Waals surface area contributed by atoms with E-state index in [-0.39, 0.29) is 5.82 Å². The van der Waals surface area contributed by atoms with Gasteiger partial charge in [0.15, 0.2) is 0 Å². The third-order valence-corrected chi connectivity index (χ3v) is 6.78. The van der Waals surface area contributed by atoms with E-state index in [9.17, 15) is 14.3 Å². The highest BCUT2D eigenvalue weighted by Crippen LogP contribution is 2.40. The van der Waals surface area contributed by atoms with Crippen molar-refractivity contribution < 1.29 is 19.0 Å². The van der Waals surface area contributed by atoms with Crippen molar-refractivity contribution in [3.05, 3.63) is 89.7 Å². The number of aliphatic carboxylic acids is 1. The molecule has 2 aliphatic heterocycles. The van der Waals surface area contributed by atoms with Crippen molar-refractivity contribution in [3.63, 3.8) is 0 Å². The van der Waals surface area contributed by atoms with Crippen molar-refractivity contribution in [2.75, 3.05) is 25.5 Å². The summed E-state index contributed by atoms with van der Waals surface area (Å²) < 4.78 is 18.9. The molecule has 0 aliphatic carbocycles. The number of para-hydroxylation sites is 2. The van der Waals surface area contributed by atoms with Gasteiger partial charge in [-0.05, 0) is 60.7 Å². The molecule has 0 amide bonds. The van der Waals surface area contributed by atoms with Crippen molar-refractivity contribution in [2.24, 2.45) is 4.99 Å². The summed E-state index contributed by atoms with van der Waals surface area (Å²) in [4.78, 5) is 19.7. The van der Waals surface area contributed by atoms with Crippen molar-refractivity contribution in [1.29, 1.82) is 0 Å². The number of carbonyl (C=O) groups is 1. The van der Waals surface area contributed by atoms with Gasteiger partial charge in [0.1, 0.15) is 17.3 Å². The highest BCUT2D eigenvalue weighted by Gasteiger charge is 2.52. The topological polar surface area (TPSA) is 74.2 Å². The molecule has 0 radical (unpaired) electrons. The second-order valence-electron chi connectivity index (χ2n) is 8.66. The standard InChI is InChI=1S/C27H26FN3O3/c1-34-22-12-8-18(9-13-22)19-14-16-31(17-15-19)27(26(32)33)25(20-6-10-21(28)11-7-20)29-23-4-2-3-5-24(23)30-27/h2-13,19,30H,14-17H2,1H3,(H,32,33). The van der Waals surface area contributed by atoms with Gasteiger partial charge in [0.05, 0.1) is 18.5 Å². The molecule has 0 spiro atoms. The number of likely N-dealkylation sites (tertiary alicyclic amines) is 1.